The van der Waals surface area contributed by atoms with Gasteiger partial charge in [0.15, 0.2) is 6.29 Å². The van der Waals surface area contributed by atoms with Gasteiger partial charge < -0.3 is 9.80 Å². The van der Waals surface area contributed by atoms with Crippen LogP contribution in [0.25, 0.3) is 0 Å². The van der Waals surface area contributed by atoms with Gasteiger partial charge >= 0.3 is 0 Å². The summed E-state index contributed by atoms with van der Waals surface area (Å²) in [5.41, 5.74) is 1.69. The van der Waals surface area contributed by atoms with E-state index in [-0.39, 0.29) is 0 Å². The van der Waals surface area contributed by atoms with E-state index in [0.29, 0.717) is 5.56 Å². The van der Waals surface area contributed by atoms with E-state index in [2.05, 4.69) is 20.9 Å². The predicted molar refractivity (Wildman–Crippen MR) is 85.5 cm³/mol. The molecule has 0 spiro atoms. The molecule has 0 atom stereocenters. The molecule has 2 aromatic rings. The standard InChI is InChI=1S/C16H16ClN3O/c17-14-3-1-2-4-15(14)19-7-9-20(10-8-19)16-6-5-13(12-21)11-18-16/h1-6,11-12H,7-10H2. The van der Waals surface area contributed by atoms with Crippen LogP contribution in [0.3, 0.4) is 0 Å². The van der Waals surface area contributed by atoms with Crippen LogP contribution in [0.15, 0.2) is 42.6 Å². The normalized spacial score (nSPS) is 15.1. The van der Waals surface area contributed by atoms with Crippen molar-refractivity contribution in [3.8, 4) is 0 Å². The second-order valence-corrected chi connectivity index (χ2v) is 5.40. The number of hydrogen-bond donors (Lipinski definition) is 0. The summed E-state index contributed by atoms with van der Waals surface area (Å²) in [5, 5.41) is 0.791. The monoisotopic (exact) mass is 301 g/mol. The Labute approximate surface area is 129 Å². The third-order valence-corrected chi connectivity index (χ3v) is 4.02. The first kappa shape index (κ1) is 13.9. The van der Waals surface area contributed by atoms with E-state index < -0.39 is 0 Å². The fourth-order valence-corrected chi connectivity index (χ4v) is 2.79. The highest BCUT2D eigenvalue weighted by atomic mass is 35.5. The van der Waals surface area contributed by atoms with E-state index in [0.717, 1.165) is 49.0 Å². The van der Waals surface area contributed by atoms with Crippen LogP contribution in [0.1, 0.15) is 10.4 Å². The number of piperazine rings is 1. The molecule has 0 N–H and O–H groups in total. The van der Waals surface area contributed by atoms with Crippen molar-refractivity contribution in [1.29, 1.82) is 0 Å². The highest BCUT2D eigenvalue weighted by Crippen LogP contribution is 2.26. The van der Waals surface area contributed by atoms with Crippen LogP contribution in [-0.4, -0.2) is 37.4 Å². The molecule has 21 heavy (non-hydrogen) atoms. The number of aromatic nitrogens is 1. The zero-order valence-corrected chi connectivity index (χ0v) is 12.3. The third kappa shape index (κ3) is 3.00. The Morgan fingerprint density at radius 2 is 1.71 bits per heavy atom. The lowest BCUT2D eigenvalue weighted by Crippen LogP contribution is -2.46. The van der Waals surface area contributed by atoms with Crippen LogP contribution >= 0.6 is 11.6 Å². The second-order valence-electron chi connectivity index (χ2n) is 4.99. The number of para-hydroxylation sites is 1. The van der Waals surface area contributed by atoms with E-state index in [4.69, 9.17) is 11.6 Å². The molecule has 4 nitrogen and oxygen atoms in total. The van der Waals surface area contributed by atoms with Gasteiger partial charge in [-0.25, -0.2) is 4.98 Å². The second kappa shape index (κ2) is 6.14. The lowest BCUT2D eigenvalue weighted by molar-refractivity contribution is 0.112. The highest BCUT2D eigenvalue weighted by molar-refractivity contribution is 6.33. The van der Waals surface area contributed by atoms with Crippen molar-refractivity contribution in [2.24, 2.45) is 0 Å². The Hall–Kier alpha value is -2.07. The number of benzene rings is 1. The first-order valence-corrected chi connectivity index (χ1v) is 7.31. The molecule has 1 aromatic carbocycles. The van der Waals surface area contributed by atoms with Gasteiger partial charge in [0.2, 0.25) is 0 Å². The fourth-order valence-electron chi connectivity index (χ4n) is 2.54. The summed E-state index contributed by atoms with van der Waals surface area (Å²) < 4.78 is 0. The minimum absolute atomic E-state index is 0.605. The van der Waals surface area contributed by atoms with E-state index in [1.165, 1.54) is 0 Å². The van der Waals surface area contributed by atoms with Crippen LogP contribution in [0, 0.1) is 0 Å². The lowest BCUT2D eigenvalue weighted by atomic mass is 10.2. The molecule has 1 aliphatic rings. The summed E-state index contributed by atoms with van der Waals surface area (Å²) >= 11 is 6.24. The molecule has 1 aliphatic heterocycles. The van der Waals surface area contributed by atoms with Gasteiger partial charge in [0.05, 0.1) is 10.7 Å². The number of hydrogen-bond acceptors (Lipinski definition) is 4. The summed E-state index contributed by atoms with van der Waals surface area (Å²) in [6.07, 6.45) is 2.43. The zero-order valence-electron chi connectivity index (χ0n) is 11.6. The summed E-state index contributed by atoms with van der Waals surface area (Å²) in [7, 11) is 0. The van der Waals surface area contributed by atoms with Crippen molar-refractivity contribution < 1.29 is 4.79 Å². The molecular weight excluding hydrogens is 286 g/mol. The maximum atomic E-state index is 10.7. The largest absolute Gasteiger partial charge is 0.367 e. The average Bonchev–Trinajstić information content (AvgIpc) is 2.56. The molecule has 0 amide bonds. The summed E-state index contributed by atoms with van der Waals surface area (Å²) in [6.45, 7) is 3.58. The first-order chi connectivity index (χ1) is 10.3. The van der Waals surface area contributed by atoms with Gasteiger partial charge in [-0.2, -0.15) is 0 Å². The Bertz CT molecular complexity index is 622. The number of aldehydes is 1. The van der Waals surface area contributed by atoms with Crippen molar-refractivity contribution in [2.75, 3.05) is 36.0 Å². The first-order valence-electron chi connectivity index (χ1n) is 6.93. The van der Waals surface area contributed by atoms with Crippen LogP contribution in [0.4, 0.5) is 11.5 Å². The van der Waals surface area contributed by atoms with Gasteiger partial charge in [-0.1, -0.05) is 23.7 Å². The van der Waals surface area contributed by atoms with E-state index in [1.54, 1.807) is 12.3 Å². The maximum absolute atomic E-state index is 10.7. The molecule has 3 rings (SSSR count). The Balaban J connectivity index is 1.67. The quantitative estimate of drug-likeness (QED) is 0.817. The van der Waals surface area contributed by atoms with Crippen LogP contribution < -0.4 is 9.80 Å². The molecule has 0 radical (unpaired) electrons. The predicted octanol–water partition coefficient (Wildman–Crippen LogP) is 2.87. The van der Waals surface area contributed by atoms with Gasteiger partial charge in [0, 0.05) is 37.9 Å². The maximum Gasteiger partial charge on any atom is 0.151 e. The van der Waals surface area contributed by atoms with E-state index in [1.807, 2.05) is 24.3 Å². The van der Waals surface area contributed by atoms with Crippen LogP contribution in [0.5, 0.6) is 0 Å². The van der Waals surface area contributed by atoms with Gasteiger partial charge in [0.1, 0.15) is 5.82 Å². The van der Waals surface area contributed by atoms with Gasteiger partial charge in [-0.3, -0.25) is 4.79 Å². The number of halogens is 1. The molecule has 1 fully saturated rings. The molecule has 0 bridgehead atoms. The summed E-state index contributed by atoms with van der Waals surface area (Å²) in [6, 6.07) is 11.6. The Morgan fingerprint density at radius 1 is 1.00 bits per heavy atom. The van der Waals surface area contributed by atoms with E-state index >= 15 is 0 Å². The van der Waals surface area contributed by atoms with Crippen molar-refractivity contribution >= 4 is 29.4 Å². The number of carbonyl (C=O) groups excluding carboxylic acids is 1. The zero-order chi connectivity index (χ0) is 14.7. The van der Waals surface area contributed by atoms with Crippen molar-refractivity contribution in [3.63, 3.8) is 0 Å². The molecule has 108 valence electrons. The van der Waals surface area contributed by atoms with Crippen molar-refractivity contribution in [3.05, 3.63) is 53.2 Å². The topological polar surface area (TPSA) is 36.4 Å². The fraction of sp³-hybridized carbons (Fsp3) is 0.250. The number of pyridine rings is 1. The number of carbonyl (C=O) groups is 1. The Kier molecular flexibility index (Phi) is 4.06. The van der Waals surface area contributed by atoms with Crippen molar-refractivity contribution in [1.82, 2.24) is 4.98 Å². The minimum atomic E-state index is 0.605. The van der Waals surface area contributed by atoms with Gasteiger partial charge in [0.25, 0.3) is 0 Å². The van der Waals surface area contributed by atoms with Crippen LogP contribution in [0.2, 0.25) is 5.02 Å². The average molecular weight is 302 g/mol. The number of nitrogens with zero attached hydrogens (tertiary/aromatic N) is 3. The summed E-state index contributed by atoms with van der Waals surface area (Å²) in [5.74, 6) is 0.916. The Morgan fingerprint density at radius 3 is 2.33 bits per heavy atom. The minimum Gasteiger partial charge on any atom is -0.367 e. The van der Waals surface area contributed by atoms with Gasteiger partial charge in [-0.15, -0.1) is 0 Å². The SMILES string of the molecule is O=Cc1ccc(N2CCN(c3ccccc3Cl)CC2)nc1. The molecule has 1 saturated heterocycles. The molecule has 2 heterocycles. The molecule has 0 aliphatic carbocycles. The smallest absolute Gasteiger partial charge is 0.151 e. The number of anilines is 2. The lowest BCUT2D eigenvalue weighted by Gasteiger charge is -2.37. The van der Waals surface area contributed by atoms with Crippen LogP contribution in [-0.2, 0) is 0 Å². The molecule has 1 aromatic heterocycles. The molecule has 0 saturated carbocycles. The summed E-state index contributed by atoms with van der Waals surface area (Å²) in [4.78, 5) is 19.5. The van der Waals surface area contributed by atoms with Gasteiger partial charge in [-0.05, 0) is 24.3 Å². The molecule has 0 unspecified atom stereocenters. The number of rotatable bonds is 3. The highest BCUT2D eigenvalue weighted by Gasteiger charge is 2.19. The third-order valence-electron chi connectivity index (χ3n) is 3.70. The molecular formula is C16H16ClN3O. The van der Waals surface area contributed by atoms with E-state index in [9.17, 15) is 4.79 Å². The molecule has 5 heteroatoms. The van der Waals surface area contributed by atoms with Crippen molar-refractivity contribution in [2.45, 2.75) is 0 Å².